The molecule has 2 aliphatic carbocycles. The number of amides is 2. The van der Waals surface area contributed by atoms with Gasteiger partial charge in [-0.05, 0) is 111 Å². The van der Waals surface area contributed by atoms with Gasteiger partial charge in [0.25, 0.3) is 12.3 Å². The van der Waals surface area contributed by atoms with E-state index in [1.807, 2.05) is 17.0 Å². The van der Waals surface area contributed by atoms with Crippen LogP contribution in [0.25, 0.3) is 11.4 Å². The second-order valence-corrected chi connectivity index (χ2v) is 23.0. The SMILES string of the molecule is COc1cc(OC2C(C)(C)C(NC(=O)c3ccc(N4CC5(CCC(N6CCC(n7nc(N8CCCc9cc(-c%10nnn(C)n%10)c(C(F)F)cc98)c8c7CCN(C(C)=O)C8)CC6)CC5)C4)cc3)C2(C)C)ccc1C#N. The summed E-state index contributed by atoms with van der Waals surface area (Å²) in [5, 5.41) is 30.3. The summed E-state index contributed by atoms with van der Waals surface area (Å²) in [6, 6.07) is 19.5. The van der Waals surface area contributed by atoms with E-state index in [2.05, 4.69) is 86.0 Å². The van der Waals surface area contributed by atoms with Crippen molar-refractivity contribution in [3.8, 4) is 29.0 Å². The summed E-state index contributed by atoms with van der Waals surface area (Å²) in [6.45, 7) is 15.9. The number of aryl methyl sites for hydroxylation is 2. The molecule has 5 aromatic rings. The van der Waals surface area contributed by atoms with Gasteiger partial charge >= 0.3 is 0 Å². The lowest BCUT2D eigenvalue weighted by Crippen LogP contribution is -2.74. The molecule has 16 nitrogen and oxygen atoms in total. The minimum Gasteiger partial charge on any atom is -0.495 e. The number of tetrazole rings is 1. The van der Waals surface area contributed by atoms with Crippen LogP contribution in [0.15, 0.2) is 54.6 Å². The molecule has 6 aliphatic rings. The minimum atomic E-state index is -2.73. The predicted molar refractivity (Wildman–Crippen MR) is 276 cm³/mol. The Morgan fingerprint density at radius 3 is 2.27 bits per heavy atom. The number of halogens is 2. The number of nitrogens with one attached hydrogen (secondary N) is 1. The minimum absolute atomic E-state index is 0.0204. The molecule has 0 radical (unpaired) electrons. The fraction of sp³-hybridized carbons (Fsp3) is 0.554. The standard InChI is InChI=1S/C56H68F2N12O4/c1-34(71)67-26-20-45-44(31-67)50(69-23-8-9-36-27-43(49-61-64-65(6)62-49)42(48(57)58)29-46(36)69)63-70(45)40-18-24-66(25-19-40)39-16-21-56(22-17-39)32-68(33-56)38-13-10-35(11-14-38)51(72)60-52-54(2,3)53(55(52,4)5)74-41-15-12-37(30-59)47(28-41)73-7/h10-15,27-29,39-40,48,52-53H,8-9,16-26,31-33H2,1-7H3,(H,60,72). The molecule has 4 aliphatic heterocycles. The quantitative estimate of drug-likeness (QED) is 0.134. The van der Waals surface area contributed by atoms with E-state index in [1.54, 1.807) is 51.4 Å². The second kappa shape index (κ2) is 19.0. The molecule has 0 atom stereocenters. The van der Waals surface area contributed by atoms with E-state index in [-0.39, 0.29) is 52.2 Å². The number of nitriles is 1. The molecule has 6 heterocycles. The van der Waals surface area contributed by atoms with Gasteiger partial charge in [-0.1, -0.05) is 27.7 Å². The van der Waals surface area contributed by atoms with E-state index < -0.39 is 6.43 Å². The number of fused-ring (bicyclic) bond motifs is 2. The number of rotatable bonds is 11. The third-order valence-corrected chi connectivity index (χ3v) is 17.7. The summed E-state index contributed by atoms with van der Waals surface area (Å²) in [5.74, 6) is 1.98. The maximum Gasteiger partial charge on any atom is 0.264 e. The smallest absolute Gasteiger partial charge is 0.264 e. The number of piperidine rings is 1. The molecule has 1 spiro atoms. The lowest BCUT2D eigenvalue weighted by atomic mass is 9.49. The number of anilines is 3. The highest BCUT2D eigenvalue weighted by Crippen LogP contribution is 2.56. The van der Waals surface area contributed by atoms with Crippen molar-refractivity contribution < 1.29 is 27.8 Å². The Bertz CT molecular complexity index is 2980. The van der Waals surface area contributed by atoms with Crippen molar-refractivity contribution in [2.45, 2.75) is 130 Å². The van der Waals surface area contributed by atoms with E-state index >= 15 is 0 Å². The zero-order chi connectivity index (χ0) is 51.8. The first-order chi connectivity index (χ1) is 35.5. The van der Waals surface area contributed by atoms with Crippen LogP contribution in [0.2, 0.25) is 0 Å². The molecule has 1 N–H and O–H groups in total. The van der Waals surface area contributed by atoms with E-state index in [4.69, 9.17) is 14.6 Å². The van der Waals surface area contributed by atoms with Crippen LogP contribution in [-0.4, -0.2) is 116 Å². The van der Waals surface area contributed by atoms with Crippen molar-refractivity contribution in [2.75, 3.05) is 56.2 Å². The van der Waals surface area contributed by atoms with Crippen molar-refractivity contribution in [1.82, 2.24) is 45.1 Å². The van der Waals surface area contributed by atoms with Gasteiger partial charge in [0.05, 0.1) is 32.3 Å². The number of carbonyl (C=O) groups is 2. The zero-order valence-electron chi connectivity index (χ0n) is 43.7. The Morgan fingerprint density at radius 1 is 0.892 bits per heavy atom. The Morgan fingerprint density at radius 2 is 1.62 bits per heavy atom. The third kappa shape index (κ3) is 8.71. The van der Waals surface area contributed by atoms with Crippen LogP contribution in [-0.2, 0) is 31.2 Å². The molecular weight excluding hydrogens is 943 g/mol. The van der Waals surface area contributed by atoms with E-state index in [0.29, 0.717) is 65.7 Å². The first-order valence-corrected chi connectivity index (χ1v) is 26.4. The van der Waals surface area contributed by atoms with Crippen LogP contribution < -0.4 is 24.6 Å². The molecule has 0 bridgehead atoms. The fourth-order valence-corrected chi connectivity index (χ4v) is 14.0. The number of hydrogen-bond donors (Lipinski definition) is 1. The summed E-state index contributed by atoms with van der Waals surface area (Å²) in [5.41, 5.74) is 5.89. The Hall–Kier alpha value is -6.61. The summed E-state index contributed by atoms with van der Waals surface area (Å²) < 4.78 is 43.7. The zero-order valence-corrected chi connectivity index (χ0v) is 43.7. The molecule has 2 aromatic heterocycles. The number of hydrogen-bond acceptors (Lipinski definition) is 12. The molecule has 18 heteroatoms. The highest BCUT2D eigenvalue weighted by Gasteiger charge is 2.64. The first-order valence-electron chi connectivity index (χ1n) is 26.4. The normalized spacial score (nSPS) is 22.4. The van der Waals surface area contributed by atoms with Crippen LogP contribution >= 0.6 is 0 Å². The van der Waals surface area contributed by atoms with Crippen molar-refractivity contribution in [1.29, 1.82) is 5.26 Å². The number of ether oxygens (including phenoxy) is 2. The third-order valence-electron chi connectivity index (χ3n) is 17.7. The molecule has 4 fully saturated rings. The highest BCUT2D eigenvalue weighted by molar-refractivity contribution is 5.95. The molecule has 0 unspecified atom stereocenters. The van der Waals surface area contributed by atoms with Gasteiger partial charge in [0, 0.05) is 126 Å². The number of nitrogens with zero attached hydrogens (tertiary/aromatic N) is 11. The number of benzene rings is 3. The highest BCUT2D eigenvalue weighted by atomic mass is 19.3. The summed E-state index contributed by atoms with van der Waals surface area (Å²) in [7, 11) is 3.16. The van der Waals surface area contributed by atoms with E-state index in [0.717, 1.165) is 85.9 Å². The maximum atomic E-state index is 14.8. The molecule has 74 heavy (non-hydrogen) atoms. The fourth-order valence-electron chi connectivity index (χ4n) is 14.0. The van der Waals surface area contributed by atoms with Crippen molar-refractivity contribution in [3.05, 3.63) is 88.1 Å². The van der Waals surface area contributed by atoms with Crippen LogP contribution in [0.4, 0.5) is 26.0 Å². The number of carbonyl (C=O) groups excluding carboxylic acids is 2. The first kappa shape index (κ1) is 49.6. The predicted octanol–water partition coefficient (Wildman–Crippen LogP) is 8.58. The monoisotopic (exact) mass is 1010 g/mol. The van der Waals surface area contributed by atoms with Gasteiger partial charge in [-0.25, -0.2) is 8.78 Å². The Balaban J connectivity index is 0.694. The Labute approximate surface area is 431 Å². The molecular formula is C56H68F2N12O4. The molecule has 2 amide bonds. The number of aromatic nitrogens is 6. The molecule has 390 valence electrons. The molecule has 2 saturated heterocycles. The van der Waals surface area contributed by atoms with Crippen molar-refractivity contribution in [3.63, 3.8) is 0 Å². The van der Waals surface area contributed by atoms with Gasteiger partial charge in [0.2, 0.25) is 11.7 Å². The van der Waals surface area contributed by atoms with E-state index in [1.165, 1.54) is 30.5 Å². The lowest BCUT2D eigenvalue weighted by Gasteiger charge is -2.63. The lowest BCUT2D eigenvalue weighted by molar-refractivity contribution is -0.164. The molecule has 2 saturated carbocycles. The average Bonchev–Trinajstić information content (AvgIpc) is 4.02. The van der Waals surface area contributed by atoms with Crippen LogP contribution in [0.5, 0.6) is 11.5 Å². The van der Waals surface area contributed by atoms with Gasteiger partial charge in [-0.3, -0.25) is 14.3 Å². The largest absolute Gasteiger partial charge is 0.495 e. The van der Waals surface area contributed by atoms with Crippen LogP contribution in [0.1, 0.15) is 130 Å². The topological polar surface area (TPSA) is 163 Å². The van der Waals surface area contributed by atoms with Gasteiger partial charge < -0.3 is 34.4 Å². The summed E-state index contributed by atoms with van der Waals surface area (Å²) >= 11 is 0. The van der Waals surface area contributed by atoms with Crippen molar-refractivity contribution >= 4 is 29.0 Å². The van der Waals surface area contributed by atoms with Crippen molar-refractivity contribution in [2.24, 2.45) is 23.3 Å². The van der Waals surface area contributed by atoms with Gasteiger partial charge in [-0.2, -0.15) is 15.2 Å². The average molecular weight is 1010 g/mol. The number of likely N-dealkylation sites (tertiary alicyclic amines) is 1. The van der Waals surface area contributed by atoms with E-state index in [9.17, 15) is 23.6 Å². The van der Waals surface area contributed by atoms with Crippen LogP contribution in [0, 0.1) is 27.6 Å². The van der Waals surface area contributed by atoms with Gasteiger partial charge in [0.1, 0.15) is 23.7 Å². The Kier molecular flexibility index (Phi) is 12.7. The molecule has 11 rings (SSSR count). The molecule has 3 aromatic carbocycles. The summed E-state index contributed by atoms with van der Waals surface area (Å²) in [4.78, 5) is 36.9. The second-order valence-electron chi connectivity index (χ2n) is 23.0. The van der Waals surface area contributed by atoms with Gasteiger partial charge in [-0.15, -0.1) is 10.2 Å². The maximum absolute atomic E-state index is 14.8. The van der Waals surface area contributed by atoms with Gasteiger partial charge in [0.15, 0.2) is 5.82 Å². The van der Waals surface area contributed by atoms with Crippen LogP contribution in [0.3, 0.4) is 0 Å². The number of methoxy groups -OCH3 is 1. The number of alkyl halides is 2. The summed E-state index contributed by atoms with van der Waals surface area (Å²) in [6.07, 6.45) is 6.10.